The summed E-state index contributed by atoms with van der Waals surface area (Å²) in [5.74, 6) is 0.631. The van der Waals surface area contributed by atoms with E-state index in [1.165, 1.54) is 6.33 Å². The van der Waals surface area contributed by atoms with Gasteiger partial charge in [0.2, 0.25) is 0 Å². The highest BCUT2D eigenvalue weighted by molar-refractivity contribution is 5.69. The second-order valence-electron chi connectivity index (χ2n) is 8.59. The Morgan fingerprint density at radius 2 is 2.07 bits per heavy atom. The van der Waals surface area contributed by atoms with Crippen LogP contribution in [0.1, 0.15) is 50.9 Å². The predicted molar refractivity (Wildman–Crippen MR) is 108 cm³/mol. The van der Waals surface area contributed by atoms with Gasteiger partial charge in [-0.25, -0.2) is 14.3 Å². The van der Waals surface area contributed by atoms with Gasteiger partial charge in [-0.05, 0) is 46.6 Å². The summed E-state index contributed by atoms with van der Waals surface area (Å²) in [6.07, 6.45) is 4.88. The molecule has 1 unspecified atom stereocenters. The molecule has 0 aliphatic carbocycles. The van der Waals surface area contributed by atoms with E-state index in [0.717, 1.165) is 35.5 Å². The normalized spacial score (nSPS) is 17.7. The van der Waals surface area contributed by atoms with Crippen molar-refractivity contribution in [1.82, 2.24) is 34.3 Å². The summed E-state index contributed by atoms with van der Waals surface area (Å²) in [5, 5.41) is 9.05. The third-order valence-corrected chi connectivity index (χ3v) is 5.19. The van der Waals surface area contributed by atoms with Gasteiger partial charge in [-0.1, -0.05) is 0 Å². The molecule has 1 saturated heterocycles. The topological polar surface area (TPSA) is 90.4 Å². The van der Waals surface area contributed by atoms with Crippen LogP contribution in [-0.4, -0.2) is 59.0 Å². The number of amides is 1. The third-order valence-electron chi connectivity index (χ3n) is 5.19. The number of carbonyl (C=O) groups is 1. The minimum atomic E-state index is -0.517. The first-order valence-electron chi connectivity index (χ1n) is 9.90. The summed E-state index contributed by atoms with van der Waals surface area (Å²) in [6.45, 7) is 8.92. The lowest BCUT2D eigenvalue weighted by Gasteiger charge is -2.34. The zero-order valence-corrected chi connectivity index (χ0v) is 17.6. The largest absolute Gasteiger partial charge is 0.444 e. The molecule has 3 aromatic heterocycles. The van der Waals surface area contributed by atoms with E-state index in [-0.39, 0.29) is 12.0 Å². The van der Waals surface area contributed by atoms with E-state index in [0.29, 0.717) is 18.9 Å². The van der Waals surface area contributed by atoms with Crippen LogP contribution in [0.2, 0.25) is 0 Å². The van der Waals surface area contributed by atoms with Crippen LogP contribution in [0.4, 0.5) is 4.79 Å². The molecule has 9 nitrogen and oxygen atoms in total. The standard InChI is InChI=1S/C20H27N7O2/c1-13-9-16(24-25(13)5)15-10-21-18-22-12-23-27(18)17(15)14-7-6-8-26(11-14)19(28)29-20(2,3)4/h9-10,12,14H,6-8,11H2,1-5H3. The third kappa shape index (κ3) is 3.81. The molecule has 1 aliphatic rings. The van der Waals surface area contributed by atoms with Crippen molar-refractivity contribution in [1.29, 1.82) is 0 Å². The molecule has 3 aromatic rings. The maximum Gasteiger partial charge on any atom is 0.410 e. The van der Waals surface area contributed by atoms with Gasteiger partial charge < -0.3 is 9.64 Å². The number of nitrogens with zero attached hydrogens (tertiary/aromatic N) is 7. The lowest BCUT2D eigenvalue weighted by Crippen LogP contribution is -2.42. The van der Waals surface area contributed by atoms with Crippen LogP contribution in [0, 0.1) is 6.92 Å². The van der Waals surface area contributed by atoms with Crippen LogP contribution in [0.5, 0.6) is 0 Å². The van der Waals surface area contributed by atoms with Crippen LogP contribution in [0.15, 0.2) is 18.6 Å². The van der Waals surface area contributed by atoms with Crippen molar-refractivity contribution in [2.24, 2.45) is 7.05 Å². The van der Waals surface area contributed by atoms with E-state index in [1.807, 2.05) is 51.7 Å². The molecule has 9 heteroatoms. The zero-order chi connectivity index (χ0) is 20.8. The van der Waals surface area contributed by atoms with Gasteiger partial charge in [0.1, 0.15) is 11.9 Å². The van der Waals surface area contributed by atoms with Gasteiger partial charge in [0, 0.05) is 43.5 Å². The van der Waals surface area contributed by atoms with Gasteiger partial charge in [-0.15, -0.1) is 0 Å². The predicted octanol–water partition coefficient (Wildman–Crippen LogP) is 2.95. The molecular weight excluding hydrogens is 370 g/mol. The number of carbonyl (C=O) groups excluding carboxylic acids is 1. The Morgan fingerprint density at radius 1 is 1.28 bits per heavy atom. The number of piperidine rings is 1. The van der Waals surface area contributed by atoms with Crippen molar-refractivity contribution >= 4 is 11.9 Å². The number of fused-ring (bicyclic) bond motifs is 1. The van der Waals surface area contributed by atoms with Gasteiger partial charge in [-0.3, -0.25) is 4.68 Å². The van der Waals surface area contributed by atoms with Crippen molar-refractivity contribution < 1.29 is 9.53 Å². The molecule has 4 heterocycles. The number of rotatable bonds is 2. The van der Waals surface area contributed by atoms with Crippen molar-refractivity contribution in [2.45, 2.75) is 52.1 Å². The highest BCUT2D eigenvalue weighted by atomic mass is 16.6. The molecule has 0 aromatic carbocycles. The molecule has 0 N–H and O–H groups in total. The number of hydrogen-bond acceptors (Lipinski definition) is 6. The maximum atomic E-state index is 12.6. The lowest BCUT2D eigenvalue weighted by molar-refractivity contribution is 0.0196. The zero-order valence-electron chi connectivity index (χ0n) is 17.6. The van der Waals surface area contributed by atoms with Gasteiger partial charge in [0.25, 0.3) is 5.78 Å². The van der Waals surface area contributed by atoms with E-state index < -0.39 is 5.60 Å². The van der Waals surface area contributed by atoms with Gasteiger partial charge in [0.05, 0.1) is 11.4 Å². The maximum absolute atomic E-state index is 12.6. The minimum absolute atomic E-state index is 0.0841. The molecule has 4 rings (SSSR count). The van der Waals surface area contributed by atoms with Gasteiger partial charge in [-0.2, -0.15) is 15.2 Å². The minimum Gasteiger partial charge on any atom is -0.444 e. The Bertz CT molecular complexity index is 1030. The Labute approximate surface area is 169 Å². The van der Waals surface area contributed by atoms with Crippen LogP contribution in [-0.2, 0) is 11.8 Å². The van der Waals surface area contributed by atoms with E-state index in [9.17, 15) is 4.79 Å². The van der Waals surface area contributed by atoms with E-state index in [4.69, 9.17) is 4.74 Å². The number of aromatic nitrogens is 6. The van der Waals surface area contributed by atoms with Crippen LogP contribution in [0.3, 0.4) is 0 Å². The molecule has 154 valence electrons. The number of aryl methyl sites for hydroxylation is 2. The second-order valence-corrected chi connectivity index (χ2v) is 8.59. The first-order valence-corrected chi connectivity index (χ1v) is 9.90. The Hall–Kier alpha value is -2.97. The summed E-state index contributed by atoms with van der Waals surface area (Å²) in [5.41, 5.74) is 3.29. The summed E-state index contributed by atoms with van der Waals surface area (Å²) in [6, 6.07) is 2.04. The monoisotopic (exact) mass is 397 g/mol. The summed E-state index contributed by atoms with van der Waals surface area (Å²) in [4.78, 5) is 23.1. The van der Waals surface area contributed by atoms with E-state index >= 15 is 0 Å². The average Bonchev–Trinajstić information content (AvgIpc) is 3.26. The quantitative estimate of drug-likeness (QED) is 0.660. The number of ether oxygens (including phenoxy) is 1. The molecule has 0 saturated carbocycles. The second kappa shape index (κ2) is 7.13. The summed E-state index contributed by atoms with van der Waals surface area (Å²) in [7, 11) is 1.92. The molecule has 1 aliphatic heterocycles. The number of hydrogen-bond donors (Lipinski definition) is 0. The Morgan fingerprint density at radius 3 is 2.76 bits per heavy atom. The fourth-order valence-corrected chi connectivity index (χ4v) is 3.77. The molecule has 1 atom stereocenters. The van der Waals surface area contributed by atoms with Crippen LogP contribution >= 0.6 is 0 Å². The fourth-order valence-electron chi connectivity index (χ4n) is 3.77. The number of likely N-dealkylation sites (tertiary alicyclic amines) is 1. The van der Waals surface area contributed by atoms with Crippen molar-refractivity contribution in [3.8, 4) is 11.3 Å². The molecule has 0 bridgehead atoms. The molecular formula is C20H27N7O2. The molecule has 0 radical (unpaired) electrons. The molecule has 1 fully saturated rings. The summed E-state index contributed by atoms with van der Waals surface area (Å²) >= 11 is 0. The average molecular weight is 397 g/mol. The highest BCUT2D eigenvalue weighted by Crippen LogP contribution is 2.34. The molecule has 0 spiro atoms. The van der Waals surface area contributed by atoms with Crippen molar-refractivity contribution in [2.75, 3.05) is 13.1 Å². The Balaban J connectivity index is 1.73. The molecule has 1 amide bonds. The van der Waals surface area contributed by atoms with E-state index in [2.05, 4.69) is 20.2 Å². The van der Waals surface area contributed by atoms with E-state index in [1.54, 1.807) is 9.42 Å². The van der Waals surface area contributed by atoms with Crippen LogP contribution < -0.4 is 0 Å². The summed E-state index contributed by atoms with van der Waals surface area (Å²) < 4.78 is 9.22. The Kier molecular flexibility index (Phi) is 4.76. The first kappa shape index (κ1) is 19.4. The SMILES string of the molecule is Cc1cc(-c2cnc3ncnn3c2C2CCCN(C(=O)OC(C)(C)C)C2)nn1C. The molecule has 29 heavy (non-hydrogen) atoms. The van der Waals surface area contributed by atoms with Crippen LogP contribution in [0.25, 0.3) is 17.0 Å². The van der Waals surface area contributed by atoms with Crippen molar-refractivity contribution in [3.05, 3.63) is 30.0 Å². The highest BCUT2D eigenvalue weighted by Gasteiger charge is 2.32. The smallest absolute Gasteiger partial charge is 0.410 e. The van der Waals surface area contributed by atoms with Crippen molar-refractivity contribution in [3.63, 3.8) is 0 Å². The fraction of sp³-hybridized carbons (Fsp3) is 0.550. The van der Waals surface area contributed by atoms with Gasteiger partial charge >= 0.3 is 6.09 Å². The lowest BCUT2D eigenvalue weighted by atomic mass is 9.91. The first-order chi connectivity index (χ1) is 13.7. The van der Waals surface area contributed by atoms with Gasteiger partial charge in [0.15, 0.2) is 0 Å².